The van der Waals surface area contributed by atoms with E-state index in [-0.39, 0.29) is 5.41 Å². The first-order valence-electron chi connectivity index (χ1n) is 10.3. The van der Waals surface area contributed by atoms with Crippen LogP contribution in [-0.4, -0.2) is 12.4 Å². The lowest BCUT2D eigenvalue weighted by Crippen LogP contribution is -2.17. The molecule has 0 radical (unpaired) electrons. The maximum Gasteiger partial charge on any atom is 0.109 e. The minimum atomic E-state index is 0.0588. The smallest absolute Gasteiger partial charge is 0.109 e. The molecule has 0 atom stereocenters. The number of rotatable bonds is 1. The molecule has 1 aliphatic rings. The van der Waals surface area contributed by atoms with Crippen LogP contribution in [0.25, 0.3) is 30.9 Å². The molecule has 30 heavy (non-hydrogen) atoms. The van der Waals surface area contributed by atoms with Crippen LogP contribution < -0.4 is 5.32 Å². The zero-order valence-corrected chi connectivity index (χ0v) is 18.9. The van der Waals surface area contributed by atoms with Crippen molar-refractivity contribution in [2.24, 2.45) is 4.99 Å². The largest absolute Gasteiger partial charge is 0.357 e. The first kappa shape index (κ1) is 18.1. The Bertz CT molecular complexity index is 1480. The molecular formula is C26H22N2S2. The van der Waals surface area contributed by atoms with Crippen molar-refractivity contribution in [2.45, 2.75) is 26.2 Å². The number of anilines is 1. The Labute approximate surface area is 183 Å². The van der Waals surface area contributed by atoms with E-state index < -0.39 is 0 Å². The van der Waals surface area contributed by atoms with Gasteiger partial charge in [-0.05, 0) is 57.5 Å². The predicted octanol–water partition coefficient (Wildman–Crippen LogP) is 7.79. The maximum absolute atomic E-state index is 5.00. The quantitative estimate of drug-likeness (QED) is 0.291. The van der Waals surface area contributed by atoms with Crippen LogP contribution in [0.3, 0.4) is 0 Å². The molecule has 6 rings (SSSR count). The van der Waals surface area contributed by atoms with Crippen molar-refractivity contribution >= 4 is 64.3 Å². The van der Waals surface area contributed by atoms with Gasteiger partial charge in [0.1, 0.15) is 11.7 Å². The van der Waals surface area contributed by atoms with E-state index in [9.17, 15) is 0 Å². The molecule has 148 valence electrons. The Kier molecular flexibility index (Phi) is 3.86. The minimum Gasteiger partial charge on any atom is -0.357 e. The van der Waals surface area contributed by atoms with Gasteiger partial charge in [-0.1, -0.05) is 45.0 Å². The van der Waals surface area contributed by atoms with Crippen LogP contribution >= 0.6 is 22.7 Å². The third-order valence-corrected chi connectivity index (χ3v) is 7.94. The van der Waals surface area contributed by atoms with Crippen molar-refractivity contribution in [1.29, 1.82) is 0 Å². The fourth-order valence-corrected chi connectivity index (χ4v) is 6.47. The van der Waals surface area contributed by atoms with Crippen molar-refractivity contribution < 1.29 is 0 Å². The summed E-state index contributed by atoms with van der Waals surface area (Å²) in [4.78, 5) is 5.00. The molecule has 0 amide bonds. The highest BCUT2D eigenvalue weighted by Gasteiger charge is 2.25. The summed E-state index contributed by atoms with van der Waals surface area (Å²) in [6.45, 7) is 7.51. The second kappa shape index (κ2) is 6.40. The molecular weight excluding hydrogens is 404 g/mol. The third-order valence-electron chi connectivity index (χ3n) is 5.94. The number of benzene rings is 3. The SMILES string of the molecule is CC(C)(C)c1cc(C2=NCNc3sc4ccc5sccc5c4c32)cc2ccccc12. The topological polar surface area (TPSA) is 24.4 Å². The van der Waals surface area contributed by atoms with Gasteiger partial charge in [-0.15, -0.1) is 22.7 Å². The summed E-state index contributed by atoms with van der Waals surface area (Å²) in [6, 6.07) is 20.2. The van der Waals surface area contributed by atoms with Gasteiger partial charge in [-0.3, -0.25) is 4.99 Å². The van der Waals surface area contributed by atoms with Crippen LogP contribution in [0.5, 0.6) is 0 Å². The van der Waals surface area contributed by atoms with Crippen molar-refractivity contribution in [3.05, 3.63) is 76.7 Å². The van der Waals surface area contributed by atoms with E-state index in [0.717, 1.165) is 5.71 Å². The molecule has 0 fully saturated rings. The first-order chi connectivity index (χ1) is 14.5. The van der Waals surface area contributed by atoms with E-state index in [1.165, 1.54) is 52.6 Å². The van der Waals surface area contributed by atoms with Gasteiger partial charge in [0.15, 0.2) is 0 Å². The standard InChI is InChI=1S/C26H22N2S2/c1-26(2,3)19-13-16(12-15-6-4-5-7-17(15)19)24-23-22-18-10-11-29-20(18)8-9-21(22)30-25(23)28-14-27-24/h4-13,28H,14H2,1-3H3. The first-order valence-corrected chi connectivity index (χ1v) is 12.0. The number of hydrogen-bond donors (Lipinski definition) is 1. The second-order valence-corrected chi connectivity index (χ2v) is 10.9. The summed E-state index contributed by atoms with van der Waals surface area (Å²) < 4.78 is 2.66. The van der Waals surface area contributed by atoms with Crippen molar-refractivity contribution in [3.63, 3.8) is 0 Å². The Morgan fingerprint density at radius 1 is 0.933 bits per heavy atom. The number of thiophene rings is 2. The molecule has 3 aromatic carbocycles. The van der Waals surface area contributed by atoms with E-state index in [0.29, 0.717) is 6.67 Å². The van der Waals surface area contributed by atoms with Gasteiger partial charge >= 0.3 is 0 Å². The lowest BCUT2D eigenvalue weighted by Gasteiger charge is -2.24. The van der Waals surface area contributed by atoms with E-state index in [1.54, 1.807) is 11.3 Å². The molecule has 1 N–H and O–H groups in total. The molecule has 0 unspecified atom stereocenters. The fraction of sp³-hybridized carbons (Fsp3) is 0.192. The molecule has 2 aromatic heterocycles. The molecule has 2 nitrogen and oxygen atoms in total. The molecule has 4 heteroatoms. The van der Waals surface area contributed by atoms with E-state index in [4.69, 9.17) is 4.99 Å². The zero-order chi connectivity index (χ0) is 20.5. The van der Waals surface area contributed by atoms with Gasteiger partial charge in [0, 0.05) is 31.3 Å². The summed E-state index contributed by atoms with van der Waals surface area (Å²) in [5.41, 5.74) is 5.03. The molecule has 0 aliphatic carbocycles. The fourth-order valence-electron chi connectivity index (χ4n) is 4.56. The average molecular weight is 427 g/mol. The highest BCUT2D eigenvalue weighted by Crippen LogP contribution is 2.44. The Morgan fingerprint density at radius 2 is 1.77 bits per heavy atom. The summed E-state index contributed by atoms with van der Waals surface area (Å²) in [5.74, 6) is 0. The monoisotopic (exact) mass is 426 g/mol. The van der Waals surface area contributed by atoms with E-state index >= 15 is 0 Å². The van der Waals surface area contributed by atoms with Crippen LogP contribution in [0.1, 0.15) is 37.5 Å². The number of fused-ring (bicyclic) bond motifs is 6. The van der Waals surface area contributed by atoms with Crippen LogP contribution in [0.4, 0.5) is 5.00 Å². The van der Waals surface area contributed by atoms with Crippen LogP contribution in [0, 0.1) is 0 Å². The van der Waals surface area contributed by atoms with E-state index in [2.05, 4.69) is 86.1 Å². The van der Waals surface area contributed by atoms with Gasteiger partial charge in [0.2, 0.25) is 0 Å². The Morgan fingerprint density at radius 3 is 2.63 bits per heavy atom. The number of nitrogens with one attached hydrogen (secondary N) is 1. The van der Waals surface area contributed by atoms with Crippen molar-refractivity contribution in [3.8, 4) is 0 Å². The summed E-state index contributed by atoms with van der Waals surface area (Å²) in [5, 5.41) is 12.2. The van der Waals surface area contributed by atoms with Gasteiger partial charge in [-0.2, -0.15) is 0 Å². The number of nitrogens with zero attached hydrogens (tertiary/aromatic N) is 1. The van der Waals surface area contributed by atoms with Crippen molar-refractivity contribution in [1.82, 2.24) is 0 Å². The maximum atomic E-state index is 5.00. The summed E-state index contributed by atoms with van der Waals surface area (Å²) in [6.07, 6.45) is 0. The molecule has 0 bridgehead atoms. The molecule has 3 heterocycles. The van der Waals surface area contributed by atoms with Crippen LogP contribution in [0.15, 0.2) is 65.0 Å². The molecule has 0 saturated carbocycles. The van der Waals surface area contributed by atoms with Gasteiger partial charge in [0.05, 0.1) is 5.71 Å². The number of aliphatic imine (C=N–C) groups is 1. The van der Waals surface area contributed by atoms with Gasteiger partial charge in [-0.25, -0.2) is 0 Å². The van der Waals surface area contributed by atoms with Crippen LogP contribution in [-0.2, 0) is 5.41 Å². The lowest BCUT2D eigenvalue weighted by atomic mass is 9.81. The van der Waals surface area contributed by atoms with Crippen LogP contribution in [0.2, 0.25) is 0 Å². The zero-order valence-electron chi connectivity index (χ0n) is 17.2. The summed E-state index contributed by atoms with van der Waals surface area (Å²) in [7, 11) is 0. The normalized spacial score (nSPS) is 14.2. The highest BCUT2D eigenvalue weighted by molar-refractivity contribution is 7.24. The molecule has 0 spiro atoms. The predicted molar refractivity (Wildman–Crippen MR) is 134 cm³/mol. The number of hydrogen-bond acceptors (Lipinski definition) is 4. The molecule has 0 saturated heterocycles. The lowest BCUT2D eigenvalue weighted by molar-refractivity contribution is 0.596. The summed E-state index contributed by atoms with van der Waals surface area (Å²) >= 11 is 3.65. The second-order valence-electron chi connectivity index (χ2n) is 8.91. The molecule has 5 aromatic rings. The van der Waals surface area contributed by atoms with Gasteiger partial charge in [0.25, 0.3) is 0 Å². The minimum absolute atomic E-state index is 0.0588. The Balaban J connectivity index is 1.67. The average Bonchev–Trinajstić information content (AvgIpc) is 3.35. The van der Waals surface area contributed by atoms with Crippen molar-refractivity contribution in [2.75, 3.05) is 12.0 Å². The molecule has 1 aliphatic heterocycles. The highest BCUT2D eigenvalue weighted by atomic mass is 32.1. The Hall–Kier alpha value is -2.69. The third kappa shape index (κ3) is 2.64. The van der Waals surface area contributed by atoms with Gasteiger partial charge < -0.3 is 5.32 Å². The van der Waals surface area contributed by atoms with E-state index in [1.807, 2.05) is 11.3 Å².